The molecular weight excluding hydrogens is 753 g/mol. The van der Waals surface area contributed by atoms with Crippen molar-refractivity contribution in [3.8, 4) is 33.4 Å². The van der Waals surface area contributed by atoms with E-state index in [1.807, 2.05) is 6.08 Å². The van der Waals surface area contributed by atoms with Gasteiger partial charge in [0, 0.05) is 33.4 Å². The average Bonchev–Trinajstić information content (AvgIpc) is 3.77. The lowest BCUT2D eigenvalue weighted by atomic mass is 9.62. The summed E-state index contributed by atoms with van der Waals surface area (Å²) in [6.45, 7) is 23.0. The fourth-order valence-electron chi connectivity index (χ4n) is 11.4. The zero-order valence-corrected chi connectivity index (χ0v) is 37.9. The summed E-state index contributed by atoms with van der Waals surface area (Å²) in [4.78, 5) is 0. The van der Waals surface area contributed by atoms with Crippen LogP contribution in [0.2, 0.25) is 0 Å². The van der Waals surface area contributed by atoms with Gasteiger partial charge in [-0.05, 0) is 193 Å². The summed E-state index contributed by atoms with van der Waals surface area (Å²) in [6, 6.07) is 32.9. The maximum atomic E-state index is 6.60. The predicted octanol–water partition coefficient (Wildman–Crippen LogP) is 15.2. The van der Waals surface area contributed by atoms with Crippen LogP contribution in [0.4, 0.5) is 0 Å². The standard InChI is InChI=1S/C58H58N4/c1-11-13-42(30-60)62-52-22-20-41(44-25-32(3)16-18-34(44)5)27-48(52)50-29-46-37(8)36(7)45-28-49-47-26-40(43-24-31(2)15-17-33(43)4)19-21-51(47)61(35(6)14-12-23-59)57(49)53-38(9)39(10)54(58(50)62)56(46)55(45)53/h11-30,36-39H,59-60H2,1-10H3/b13-11-,23-12-,35-14+,42-30+. The Morgan fingerprint density at radius 2 is 1.05 bits per heavy atom. The lowest BCUT2D eigenvalue weighted by Crippen LogP contribution is -2.24. The Hall–Kier alpha value is -6.52. The van der Waals surface area contributed by atoms with Crippen molar-refractivity contribution >= 4 is 55.0 Å². The number of fused-ring (bicyclic) bond motifs is 8. The molecule has 4 unspecified atom stereocenters. The van der Waals surface area contributed by atoms with Gasteiger partial charge in [0.25, 0.3) is 0 Å². The molecule has 8 aromatic rings. The molecule has 2 heterocycles. The molecule has 0 aliphatic heterocycles. The van der Waals surface area contributed by atoms with E-state index < -0.39 is 0 Å². The number of hydrogen-bond acceptors (Lipinski definition) is 2. The summed E-state index contributed by atoms with van der Waals surface area (Å²) in [5.74, 6) is 1.03. The second kappa shape index (κ2) is 14.6. The maximum Gasteiger partial charge on any atom is 0.0613 e. The third-order valence-electron chi connectivity index (χ3n) is 14.9. The van der Waals surface area contributed by atoms with Gasteiger partial charge < -0.3 is 20.6 Å². The lowest BCUT2D eigenvalue weighted by Gasteiger charge is -2.42. The molecule has 4 N–H and O–H groups in total. The van der Waals surface area contributed by atoms with Crippen molar-refractivity contribution < 1.29 is 0 Å². The number of aryl methyl sites for hydroxylation is 4. The Kier molecular flexibility index (Phi) is 9.30. The van der Waals surface area contributed by atoms with Crippen LogP contribution in [-0.2, 0) is 0 Å². The molecule has 0 saturated carbocycles. The van der Waals surface area contributed by atoms with Crippen molar-refractivity contribution in [2.75, 3.05) is 0 Å². The van der Waals surface area contributed by atoms with Gasteiger partial charge in [0.15, 0.2) is 0 Å². The van der Waals surface area contributed by atoms with Crippen LogP contribution in [0.15, 0.2) is 122 Å². The minimum Gasteiger partial charge on any atom is -0.405 e. The van der Waals surface area contributed by atoms with Crippen LogP contribution < -0.4 is 11.5 Å². The first-order valence-corrected chi connectivity index (χ1v) is 22.4. The number of aromatic nitrogens is 2. The minimum atomic E-state index is 0.204. The van der Waals surface area contributed by atoms with E-state index >= 15 is 0 Å². The number of hydrogen-bond donors (Lipinski definition) is 2. The quantitative estimate of drug-likeness (QED) is 0.164. The fourth-order valence-corrected chi connectivity index (χ4v) is 11.4. The van der Waals surface area contributed by atoms with E-state index in [9.17, 15) is 0 Å². The first-order valence-electron chi connectivity index (χ1n) is 22.4. The summed E-state index contributed by atoms with van der Waals surface area (Å²) in [6.07, 6.45) is 11.8. The summed E-state index contributed by atoms with van der Waals surface area (Å²) in [5, 5.41) is 5.18. The van der Waals surface area contributed by atoms with Gasteiger partial charge in [-0.3, -0.25) is 0 Å². The van der Waals surface area contributed by atoms with Crippen LogP contribution in [0, 0.1) is 27.7 Å². The molecule has 2 aromatic heterocycles. The first kappa shape index (κ1) is 39.6. The van der Waals surface area contributed by atoms with Gasteiger partial charge in [-0.2, -0.15) is 0 Å². The van der Waals surface area contributed by atoms with Crippen LogP contribution in [0.3, 0.4) is 0 Å². The van der Waals surface area contributed by atoms with Crippen molar-refractivity contribution in [1.82, 2.24) is 9.13 Å². The predicted molar refractivity (Wildman–Crippen MR) is 268 cm³/mol. The number of nitrogens with two attached hydrogens (primary N) is 2. The highest BCUT2D eigenvalue weighted by atomic mass is 15.0. The van der Waals surface area contributed by atoms with Crippen LogP contribution >= 0.6 is 0 Å². The number of benzene rings is 6. The van der Waals surface area contributed by atoms with Gasteiger partial charge in [-0.15, -0.1) is 0 Å². The highest BCUT2D eigenvalue weighted by Gasteiger charge is 2.42. The molecule has 4 nitrogen and oxygen atoms in total. The summed E-state index contributed by atoms with van der Waals surface area (Å²) in [5.41, 5.74) is 38.5. The zero-order valence-electron chi connectivity index (χ0n) is 37.9. The highest BCUT2D eigenvalue weighted by Crippen LogP contribution is 2.61. The van der Waals surface area contributed by atoms with Crippen LogP contribution in [0.5, 0.6) is 0 Å². The van der Waals surface area contributed by atoms with E-state index in [0.717, 1.165) is 11.4 Å². The van der Waals surface area contributed by atoms with Crippen LogP contribution in [0.25, 0.3) is 88.4 Å². The maximum absolute atomic E-state index is 6.60. The monoisotopic (exact) mass is 810 g/mol. The lowest BCUT2D eigenvalue weighted by molar-refractivity contribution is 0.585. The van der Waals surface area contributed by atoms with Gasteiger partial charge in [-0.25, -0.2) is 0 Å². The van der Waals surface area contributed by atoms with Crippen molar-refractivity contribution in [2.24, 2.45) is 11.5 Å². The van der Waals surface area contributed by atoms with Crippen LogP contribution in [0.1, 0.15) is 110 Å². The van der Waals surface area contributed by atoms with Gasteiger partial charge in [0.05, 0.1) is 27.8 Å². The van der Waals surface area contributed by atoms with Gasteiger partial charge in [0.2, 0.25) is 0 Å². The molecule has 0 radical (unpaired) electrons. The normalized spacial score (nSPS) is 19.0. The summed E-state index contributed by atoms with van der Waals surface area (Å²) in [7, 11) is 0. The van der Waals surface area contributed by atoms with E-state index in [0.29, 0.717) is 11.8 Å². The van der Waals surface area contributed by atoms with E-state index in [-0.39, 0.29) is 11.8 Å². The van der Waals surface area contributed by atoms with Gasteiger partial charge in [0.1, 0.15) is 0 Å². The second-order valence-electron chi connectivity index (χ2n) is 18.5. The Bertz CT molecular complexity index is 3340. The van der Waals surface area contributed by atoms with Gasteiger partial charge >= 0.3 is 0 Å². The molecule has 2 aliphatic carbocycles. The molecule has 0 bridgehead atoms. The molecule has 0 spiro atoms. The number of rotatable bonds is 6. The molecule has 0 fully saturated rings. The first-order chi connectivity index (χ1) is 29.9. The Balaban J connectivity index is 1.36. The van der Waals surface area contributed by atoms with Gasteiger partial charge in [-0.1, -0.05) is 93.4 Å². The second-order valence-corrected chi connectivity index (χ2v) is 18.5. The molecule has 0 saturated heterocycles. The molecule has 62 heavy (non-hydrogen) atoms. The third-order valence-corrected chi connectivity index (χ3v) is 14.9. The molecule has 4 atom stereocenters. The van der Waals surface area contributed by atoms with Crippen molar-refractivity contribution in [3.63, 3.8) is 0 Å². The Morgan fingerprint density at radius 1 is 0.565 bits per heavy atom. The summed E-state index contributed by atoms with van der Waals surface area (Å²) >= 11 is 0. The summed E-state index contributed by atoms with van der Waals surface area (Å²) < 4.78 is 4.98. The molecule has 10 rings (SSSR count). The smallest absolute Gasteiger partial charge is 0.0613 e. The molecule has 310 valence electrons. The Labute approximate surface area is 366 Å². The molecule has 2 aliphatic rings. The topological polar surface area (TPSA) is 61.9 Å². The van der Waals surface area contributed by atoms with E-state index in [1.54, 1.807) is 12.4 Å². The van der Waals surface area contributed by atoms with E-state index in [2.05, 4.69) is 182 Å². The van der Waals surface area contributed by atoms with Crippen molar-refractivity contribution in [3.05, 3.63) is 166 Å². The third kappa shape index (κ3) is 5.58. The van der Waals surface area contributed by atoms with E-state index in [1.165, 1.54) is 122 Å². The SMILES string of the molecule is C/C=C\C(=C/N)n1c2ccc(-c3cc(C)ccc3C)cc2c2cc3c4c(c21)C(C)C(C)c1c-4c(cc2c4cc(-c5cc(C)ccc5C)ccc4n(/C(C)=C/C=C\N)c12)C(C)C3C. The highest BCUT2D eigenvalue weighted by molar-refractivity contribution is 6.18. The zero-order chi connectivity index (χ0) is 43.5. The van der Waals surface area contributed by atoms with E-state index in [4.69, 9.17) is 11.5 Å². The molecule has 0 amide bonds. The molecular formula is C58H58N4. The fraction of sp³-hybridized carbons (Fsp3) is 0.241. The Morgan fingerprint density at radius 3 is 1.52 bits per heavy atom. The molecule has 4 heteroatoms. The number of allylic oxidation sites excluding steroid dienone is 6. The van der Waals surface area contributed by atoms with Crippen molar-refractivity contribution in [2.45, 2.75) is 92.9 Å². The molecule has 6 aromatic carbocycles. The van der Waals surface area contributed by atoms with Crippen LogP contribution in [-0.4, -0.2) is 9.13 Å². The average molecular weight is 811 g/mol. The largest absolute Gasteiger partial charge is 0.405 e. The minimum absolute atomic E-state index is 0.204. The van der Waals surface area contributed by atoms with Crippen molar-refractivity contribution in [1.29, 1.82) is 0 Å². The number of nitrogens with zero attached hydrogens (tertiary/aromatic N) is 2.